The van der Waals surface area contributed by atoms with Crippen LogP contribution < -0.4 is 16.2 Å². The molecular formula is C12H19FN2O. The van der Waals surface area contributed by atoms with Crippen molar-refractivity contribution in [2.24, 2.45) is 11.5 Å². The molecule has 1 atom stereocenters. The molecule has 1 aromatic rings. The van der Waals surface area contributed by atoms with Gasteiger partial charge in [0, 0.05) is 11.6 Å². The molecule has 3 nitrogen and oxygen atoms in total. The summed E-state index contributed by atoms with van der Waals surface area (Å²) in [5, 5.41) is 0. The Kier molecular flexibility index (Phi) is 5.22. The van der Waals surface area contributed by atoms with Gasteiger partial charge in [-0.1, -0.05) is 6.42 Å². The molecule has 0 bridgehead atoms. The summed E-state index contributed by atoms with van der Waals surface area (Å²) in [6.45, 7) is 0.660. The van der Waals surface area contributed by atoms with Crippen LogP contribution in [0.1, 0.15) is 30.9 Å². The summed E-state index contributed by atoms with van der Waals surface area (Å²) < 4.78 is 18.3. The van der Waals surface area contributed by atoms with Gasteiger partial charge in [-0.3, -0.25) is 0 Å². The molecule has 4 N–H and O–H groups in total. The van der Waals surface area contributed by atoms with Crippen LogP contribution in [0.5, 0.6) is 5.75 Å². The Morgan fingerprint density at radius 3 is 2.75 bits per heavy atom. The molecule has 4 heteroatoms. The van der Waals surface area contributed by atoms with Crippen molar-refractivity contribution in [2.45, 2.75) is 25.3 Å². The van der Waals surface area contributed by atoms with E-state index in [1.165, 1.54) is 12.1 Å². The Balaban J connectivity index is 2.72. The molecule has 0 amide bonds. The molecule has 0 aromatic heterocycles. The number of benzene rings is 1. The van der Waals surface area contributed by atoms with Crippen molar-refractivity contribution in [1.82, 2.24) is 0 Å². The van der Waals surface area contributed by atoms with Crippen molar-refractivity contribution in [3.63, 3.8) is 0 Å². The van der Waals surface area contributed by atoms with Crippen molar-refractivity contribution in [3.8, 4) is 5.75 Å². The first-order valence-electron chi connectivity index (χ1n) is 5.48. The Bertz CT molecular complexity index is 331. The van der Waals surface area contributed by atoms with E-state index < -0.39 is 0 Å². The highest BCUT2D eigenvalue weighted by Crippen LogP contribution is 2.27. The summed E-state index contributed by atoms with van der Waals surface area (Å²) in [7, 11) is 1.56. The molecule has 0 heterocycles. The van der Waals surface area contributed by atoms with E-state index in [0.29, 0.717) is 12.3 Å². The highest BCUT2D eigenvalue weighted by molar-refractivity contribution is 5.36. The molecule has 1 aromatic carbocycles. The molecule has 16 heavy (non-hydrogen) atoms. The number of ether oxygens (including phenoxy) is 1. The zero-order valence-electron chi connectivity index (χ0n) is 9.58. The van der Waals surface area contributed by atoms with Crippen LogP contribution in [-0.2, 0) is 0 Å². The minimum atomic E-state index is -0.287. The molecule has 0 aliphatic rings. The van der Waals surface area contributed by atoms with Gasteiger partial charge in [-0.05, 0) is 37.6 Å². The molecule has 90 valence electrons. The minimum absolute atomic E-state index is 0.197. The van der Waals surface area contributed by atoms with E-state index in [1.807, 2.05) is 0 Å². The highest BCUT2D eigenvalue weighted by Gasteiger charge is 2.12. The Morgan fingerprint density at radius 2 is 2.12 bits per heavy atom. The summed E-state index contributed by atoms with van der Waals surface area (Å²) in [6, 6.07) is 4.21. The van der Waals surface area contributed by atoms with Crippen LogP contribution in [0.15, 0.2) is 18.2 Å². The van der Waals surface area contributed by atoms with Crippen LogP contribution in [-0.4, -0.2) is 13.7 Å². The fraction of sp³-hybridized carbons (Fsp3) is 0.500. The third-order valence-corrected chi connectivity index (χ3v) is 2.56. The molecule has 1 rings (SSSR count). The van der Waals surface area contributed by atoms with Crippen LogP contribution in [0.4, 0.5) is 4.39 Å². The van der Waals surface area contributed by atoms with Crippen LogP contribution >= 0.6 is 0 Å². The van der Waals surface area contributed by atoms with E-state index in [9.17, 15) is 4.39 Å². The SMILES string of the molecule is COc1ccc(F)cc1[C@@H](N)CCCCN. The zero-order chi connectivity index (χ0) is 12.0. The van der Waals surface area contributed by atoms with Gasteiger partial charge in [0.05, 0.1) is 7.11 Å². The van der Waals surface area contributed by atoms with Crippen molar-refractivity contribution in [1.29, 1.82) is 0 Å². The maximum atomic E-state index is 13.1. The summed E-state index contributed by atoms with van der Waals surface area (Å²) in [4.78, 5) is 0. The van der Waals surface area contributed by atoms with Crippen LogP contribution in [0.2, 0.25) is 0 Å². The zero-order valence-corrected chi connectivity index (χ0v) is 9.58. The molecule has 0 saturated heterocycles. The lowest BCUT2D eigenvalue weighted by Crippen LogP contribution is -2.12. The summed E-state index contributed by atoms with van der Waals surface area (Å²) in [5.41, 5.74) is 12.1. The van der Waals surface area contributed by atoms with Crippen molar-refractivity contribution in [2.75, 3.05) is 13.7 Å². The van der Waals surface area contributed by atoms with Gasteiger partial charge in [-0.15, -0.1) is 0 Å². The number of hydrogen-bond donors (Lipinski definition) is 2. The summed E-state index contributed by atoms with van der Waals surface area (Å²) in [5.74, 6) is 0.353. The lowest BCUT2D eigenvalue weighted by Gasteiger charge is -2.15. The fourth-order valence-electron chi connectivity index (χ4n) is 1.66. The Hall–Kier alpha value is -1.13. The van der Waals surface area contributed by atoms with Gasteiger partial charge in [0.15, 0.2) is 0 Å². The van der Waals surface area contributed by atoms with Crippen molar-refractivity contribution < 1.29 is 9.13 Å². The van der Waals surface area contributed by atoms with Gasteiger partial charge in [0.1, 0.15) is 11.6 Å². The van der Waals surface area contributed by atoms with E-state index in [-0.39, 0.29) is 11.9 Å². The maximum Gasteiger partial charge on any atom is 0.123 e. The number of methoxy groups -OCH3 is 1. The molecule has 0 aliphatic heterocycles. The van der Waals surface area contributed by atoms with E-state index in [0.717, 1.165) is 24.8 Å². The number of hydrogen-bond acceptors (Lipinski definition) is 3. The summed E-state index contributed by atoms with van der Waals surface area (Å²) >= 11 is 0. The van der Waals surface area contributed by atoms with Gasteiger partial charge in [-0.25, -0.2) is 4.39 Å². The lowest BCUT2D eigenvalue weighted by atomic mass is 10.0. The average molecular weight is 226 g/mol. The van der Waals surface area contributed by atoms with Gasteiger partial charge < -0.3 is 16.2 Å². The van der Waals surface area contributed by atoms with Gasteiger partial charge in [0.2, 0.25) is 0 Å². The third kappa shape index (κ3) is 3.47. The average Bonchev–Trinajstić information content (AvgIpc) is 2.29. The predicted octanol–water partition coefficient (Wildman–Crippen LogP) is 1.96. The predicted molar refractivity (Wildman–Crippen MR) is 62.8 cm³/mol. The van der Waals surface area contributed by atoms with Gasteiger partial charge in [0.25, 0.3) is 0 Å². The molecule has 0 unspecified atom stereocenters. The highest BCUT2D eigenvalue weighted by atomic mass is 19.1. The first-order chi connectivity index (χ1) is 7.69. The van der Waals surface area contributed by atoms with Crippen molar-refractivity contribution >= 4 is 0 Å². The number of nitrogens with two attached hydrogens (primary N) is 2. The second-order valence-electron chi connectivity index (χ2n) is 3.78. The molecule has 0 radical (unpaired) electrons. The number of unbranched alkanes of at least 4 members (excludes halogenated alkanes) is 1. The normalized spacial score (nSPS) is 12.5. The number of halogens is 1. The van der Waals surface area contributed by atoms with E-state index in [4.69, 9.17) is 16.2 Å². The first kappa shape index (κ1) is 12.9. The van der Waals surface area contributed by atoms with E-state index in [1.54, 1.807) is 13.2 Å². The van der Waals surface area contributed by atoms with Crippen LogP contribution in [0.25, 0.3) is 0 Å². The van der Waals surface area contributed by atoms with E-state index in [2.05, 4.69) is 0 Å². The standard InChI is InChI=1S/C12H19FN2O/c1-16-12-6-5-9(13)8-10(12)11(15)4-2-3-7-14/h5-6,8,11H,2-4,7,14-15H2,1H3/t11-/m0/s1. The molecule has 0 saturated carbocycles. The third-order valence-electron chi connectivity index (χ3n) is 2.56. The molecule has 0 aliphatic carbocycles. The Morgan fingerprint density at radius 1 is 1.38 bits per heavy atom. The molecule has 0 fully saturated rings. The lowest BCUT2D eigenvalue weighted by molar-refractivity contribution is 0.401. The van der Waals surface area contributed by atoms with Gasteiger partial charge >= 0.3 is 0 Å². The second-order valence-corrected chi connectivity index (χ2v) is 3.78. The van der Waals surface area contributed by atoms with Crippen molar-refractivity contribution in [3.05, 3.63) is 29.6 Å². The van der Waals surface area contributed by atoms with E-state index >= 15 is 0 Å². The topological polar surface area (TPSA) is 61.3 Å². The smallest absolute Gasteiger partial charge is 0.123 e. The second kappa shape index (κ2) is 6.45. The number of rotatable bonds is 6. The molecular weight excluding hydrogens is 207 g/mol. The van der Waals surface area contributed by atoms with Crippen LogP contribution in [0.3, 0.4) is 0 Å². The van der Waals surface area contributed by atoms with Crippen LogP contribution in [0, 0.1) is 5.82 Å². The fourth-order valence-corrected chi connectivity index (χ4v) is 1.66. The molecule has 0 spiro atoms. The monoisotopic (exact) mass is 226 g/mol. The van der Waals surface area contributed by atoms with Gasteiger partial charge in [-0.2, -0.15) is 0 Å². The quantitative estimate of drug-likeness (QED) is 0.729. The first-order valence-corrected chi connectivity index (χ1v) is 5.48. The summed E-state index contributed by atoms with van der Waals surface area (Å²) in [6.07, 6.45) is 2.67. The maximum absolute atomic E-state index is 13.1. The Labute approximate surface area is 95.6 Å². The minimum Gasteiger partial charge on any atom is -0.496 e. The largest absolute Gasteiger partial charge is 0.496 e.